The molecule has 2 heterocycles. The summed E-state index contributed by atoms with van der Waals surface area (Å²) in [6, 6.07) is 16.5. The van der Waals surface area contributed by atoms with Crippen LogP contribution in [0.1, 0.15) is 22.4 Å². The number of morpholine rings is 1. The lowest BCUT2D eigenvalue weighted by Gasteiger charge is -2.27. The summed E-state index contributed by atoms with van der Waals surface area (Å²) in [6.45, 7) is 6.99. The van der Waals surface area contributed by atoms with E-state index in [9.17, 15) is 4.79 Å². The number of H-pyrrole nitrogens is 1. The van der Waals surface area contributed by atoms with Crippen LogP contribution in [0.5, 0.6) is 0 Å². The van der Waals surface area contributed by atoms with E-state index >= 15 is 0 Å². The number of nitrogens with one attached hydrogen (secondary N) is 2. The molecule has 0 aliphatic carbocycles. The number of nitrogens with zero attached hydrogens (tertiary/aromatic N) is 1. The molecule has 2 N–H and O–H groups in total. The first-order chi connectivity index (χ1) is 13.7. The van der Waals surface area contributed by atoms with Gasteiger partial charge >= 0.3 is 0 Å². The van der Waals surface area contributed by atoms with Gasteiger partial charge in [0.1, 0.15) is 0 Å². The van der Waals surface area contributed by atoms with Gasteiger partial charge in [-0.05, 0) is 29.7 Å². The maximum atomic E-state index is 12.6. The number of carbonyl (C=O) groups excluding carboxylic acids is 1. The Kier molecular flexibility index (Phi) is 5.74. The van der Waals surface area contributed by atoms with Crippen molar-refractivity contribution < 1.29 is 9.53 Å². The molecule has 28 heavy (non-hydrogen) atoms. The van der Waals surface area contributed by atoms with Crippen LogP contribution in [0.2, 0.25) is 0 Å². The van der Waals surface area contributed by atoms with Crippen LogP contribution in [0.25, 0.3) is 10.9 Å². The minimum atomic E-state index is 0.0500. The third kappa shape index (κ3) is 4.26. The Morgan fingerprint density at radius 1 is 1.07 bits per heavy atom. The molecule has 2 aromatic carbocycles. The lowest BCUT2D eigenvalue weighted by Crippen LogP contribution is -2.36. The molecule has 3 aromatic rings. The zero-order valence-electron chi connectivity index (χ0n) is 16.3. The number of fused-ring (bicyclic) bond motifs is 1. The Hall–Kier alpha value is -2.63. The van der Waals surface area contributed by atoms with E-state index in [-0.39, 0.29) is 5.91 Å². The van der Waals surface area contributed by atoms with Crippen LogP contribution in [0.4, 0.5) is 0 Å². The number of benzene rings is 2. The summed E-state index contributed by atoms with van der Waals surface area (Å²) in [4.78, 5) is 18.4. The van der Waals surface area contributed by atoms with Crippen molar-refractivity contribution >= 4 is 16.8 Å². The lowest BCUT2D eigenvalue weighted by atomic mass is 10.1. The number of hydrogen-bond acceptors (Lipinski definition) is 3. The highest BCUT2D eigenvalue weighted by Gasteiger charge is 2.14. The molecule has 1 aromatic heterocycles. The Morgan fingerprint density at radius 3 is 2.61 bits per heavy atom. The quantitative estimate of drug-likeness (QED) is 0.694. The van der Waals surface area contributed by atoms with Crippen molar-refractivity contribution in [2.75, 3.05) is 26.3 Å². The molecular weight excluding hydrogens is 350 g/mol. The zero-order valence-corrected chi connectivity index (χ0v) is 16.3. The van der Waals surface area contributed by atoms with Gasteiger partial charge in [0.2, 0.25) is 5.91 Å². The SMILES string of the molecule is Cc1[nH]c2ccccc2c1CC(=O)NCc1ccccc1CN1CCOCC1. The van der Waals surface area contributed by atoms with Gasteiger partial charge in [0.25, 0.3) is 0 Å². The highest BCUT2D eigenvalue weighted by Crippen LogP contribution is 2.22. The number of hydrogen-bond donors (Lipinski definition) is 2. The standard InChI is InChI=1S/C23H27N3O2/c1-17-21(20-8-4-5-9-22(20)25-17)14-23(27)24-15-18-6-2-3-7-19(18)16-26-10-12-28-13-11-26/h2-9,25H,10-16H2,1H3,(H,24,27). The highest BCUT2D eigenvalue weighted by molar-refractivity contribution is 5.90. The van der Waals surface area contributed by atoms with Gasteiger partial charge in [-0.2, -0.15) is 0 Å². The number of rotatable bonds is 6. The molecule has 0 bridgehead atoms. The van der Waals surface area contributed by atoms with E-state index < -0.39 is 0 Å². The first-order valence-corrected chi connectivity index (χ1v) is 9.90. The molecule has 146 valence electrons. The van der Waals surface area contributed by atoms with Crippen LogP contribution < -0.4 is 5.32 Å². The first-order valence-electron chi connectivity index (χ1n) is 9.90. The average Bonchev–Trinajstić information content (AvgIpc) is 3.03. The van der Waals surface area contributed by atoms with E-state index in [2.05, 4.69) is 39.5 Å². The molecule has 0 spiro atoms. The van der Waals surface area contributed by atoms with Crippen molar-refractivity contribution in [2.45, 2.75) is 26.4 Å². The average molecular weight is 377 g/mol. The number of carbonyl (C=O) groups is 1. The fourth-order valence-electron chi connectivity index (χ4n) is 3.86. The largest absolute Gasteiger partial charge is 0.379 e. The van der Waals surface area contributed by atoms with Crippen molar-refractivity contribution in [2.24, 2.45) is 0 Å². The second kappa shape index (κ2) is 8.59. The van der Waals surface area contributed by atoms with Crippen molar-refractivity contribution in [3.05, 3.63) is 70.9 Å². The Balaban J connectivity index is 1.40. The Bertz CT molecular complexity index is 957. The molecule has 5 heteroatoms. The van der Waals surface area contributed by atoms with Crippen LogP contribution >= 0.6 is 0 Å². The van der Waals surface area contributed by atoms with Gasteiger partial charge in [-0.3, -0.25) is 9.69 Å². The summed E-state index contributed by atoms with van der Waals surface area (Å²) < 4.78 is 5.44. The molecular formula is C23H27N3O2. The van der Waals surface area contributed by atoms with Crippen LogP contribution in [-0.4, -0.2) is 42.1 Å². The Morgan fingerprint density at radius 2 is 1.79 bits per heavy atom. The summed E-state index contributed by atoms with van der Waals surface area (Å²) >= 11 is 0. The smallest absolute Gasteiger partial charge is 0.224 e. The van der Waals surface area contributed by atoms with E-state index in [0.29, 0.717) is 13.0 Å². The van der Waals surface area contributed by atoms with E-state index in [1.165, 1.54) is 11.1 Å². The molecule has 1 aliphatic rings. The highest BCUT2D eigenvalue weighted by atomic mass is 16.5. The van der Waals surface area contributed by atoms with Gasteiger partial charge in [-0.15, -0.1) is 0 Å². The number of ether oxygens (including phenoxy) is 1. The van der Waals surface area contributed by atoms with Gasteiger partial charge in [0, 0.05) is 42.8 Å². The maximum absolute atomic E-state index is 12.6. The first kappa shape index (κ1) is 18.7. The zero-order chi connectivity index (χ0) is 19.3. The maximum Gasteiger partial charge on any atom is 0.224 e. The molecule has 0 radical (unpaired) electrons. The number of aryl methyl sites for hydroxylation is 1. The molecule has 0 saturated carbocycles. The fraction of sp³-hybridized carbons (Fsp3) is 0.348. The summed E-state index contributed by atoms with van der Waals surface area (Å²) in [5, 5.41) is 4.24. The summed E-state index contributed by atoms with van der Waals surface area (Å²) in [7, 11) is 0. The van der Waals surface area contributed by atoms with E-state index in [1.54, 1.807) is 0 Å². The molecule has 5 nitrogen and oxygen atoms in total. The predicted molar refractivity (Wildman–Crippen MR) is 111 cm³/mol. The minimum Gasteiger partial charge on any atom is -0.379 e. The predicted octanol–water partition coefficient (Wildman–Crippen LogP) is 3.17. The van der Waals surface area contributed by atoms with E-state index in [4.69, 9.17) is 4.74 Å². The number of aromatic amines is 1. The minimum absolute atomic E-state index is 0.0500. The monoisotopic (exact) mass is 377 g/mol. The van der Waals surface area contributed by atoms with Crippen molar-refractivity contribution in [3.63, 3.8) is 0 Å². The number of para-hydroxylation sites is 1. The molecule has 0 unspecified atom stereocenters. The topological polar surface area (TPSA) is 57.4 Å². The van der Waals surface area contributed by atoms with Crippen molar-refractivity contribution in [1.29, 1.82) is 0 Å². The van der Waals surface area contributed by atoms with Gasteiger partial charge in [-0.1, -0.05) is 42.5 Å². The molecule has 1 fully saturated rings. The molecule has 1 aliphatic heterocycles. The van der Waals surface area contributed by atoms with Crippen molar-refractivity contribution in [3.8, 4) is 0 Å². The van der Waals surface area contributed by atoms with E-state index in [0.717, 1.165) is 55.0 Å². The normalized spacial score (nSPS) is 15.0. The van der Waals surface area contributed by atoms with Gasteiger partial charge < -0.3 is 15.0 Å². The fourth-order valence-corrected chi connectivity index (χ4v) is 3.86. The number of aromatic nitrogens is 1. The lowest BCUT2D eigenvalue weighted by molar-refractivity contribution is -0.120. The second-order valence-corrected chi connectivity index (χ2v) is 7.38. The summed E-state index contributed by atoms with van der Waals surface area (Å²) in [5.74, 6) is 0.0500. The van der Waals surface area contributed by atoms with Crippen LogP contribution in [0, 0.1) is 6.92 Å². The Labute approximate surface area is 165 Å². The van der Waals surface area contributed by atoms with Gasteiger partial charge in [0.15, 0.2) is 0 Å². The number of amides is 1. The molecule has 1 amide bonds. The van der Waals surface area contributed by atoms with Crippen LogP contribution in [0.15, 0.2) is 48.5 Å². The second-order valence-electron chi connectivity index (χ2n) is 7.38. The van der Waals surface area contributed by atoms with Crippen LogP contribution in [0.3, 0.4) is 0 Å². The summed E-state index contributed by atoms with van der Waals surface area (Å²) in [5.41, 5.74) is 5.67. The third-order valence-corrected chi connectivity index (χ3v) is 5.46. The third-order valence-electron chi connectivity index (χ3n) is 5.46. The summed E-state index contributed by atoms with van der Waals surface area (Å²) in [6.07, 6.45) is 0.390. The van der Waals surface area contributed by atoms with Gasteiger partial charge in [0.05, 0.1) is 19.6 Å². The van der Waals surface area contributed by atoms with Crippen molar-refractivity contribution in [1.82, 2.24) is 15.2 Å². The molecule has 1 saturated heterocycles. The van der Waals surface area contributed by atoms with Gasteiger partial charge in [-0.25, -0.2) is 0 Å². The van der Waals surface area contributed by atoms with Crippen LogP contribution in [-0.2, 0) is 29.0 Å². The molecule has 4 rings (SSSR count). The van der Waals surface area contributed by atoms with E-state index in [1.807, 2.05) is 31.2 Å². The molecule has 0 atom stereocenters.